The van der Waals surface area contributed by atoms with Crippen LogP contribution in [0, 0.1) is 13.8 Å². The molecule has 0 unspecified atom stereocenters. The molecule has 6 rings (SSSR count). The monoisotopic (exact) mass is 425 g/mol. The second-order valence-corrected chi connectivity index (χ2v) is 8.88. The Balaban J connectivity index is 1.75. The highest BCUT2D eigenvalue weighted by Crippen LogP contribution is 2.48. The Morgan fingerprint density at radius 2 is 0.939 bits per heavy atom. The molecule has 1 aromatic heterocycles. The Morgan fingerprint density at radius 3 is 1.42 bits per heavy atom. The molecule has 0 saturated heterocycles. The predicted octanol–water partition coefficient (Wildman–Crippen LogP) is 7.17. The number of rotatable bonds is 1. The van der Waals surface area contributed by atoms with E-state index in [1.165, 1.54) is 61.3 Å². The van der Waals surface area contributed by atoms with Crippen LogP contribution in [0.15, 0.2) is 97.3 Å². The van der Waals surface area contributed by atoms with Gasteiger partial charge in [-0.1, -0.05) is 83.8 Å². The molecule has 0 atom stereocenters. The van der Waals surface area contributed by atoms with Crippen molar-refractivity contribution in [2.24, 2.45) is 7.05 Å². The average Bonchev–Trinajstić information content (AvgIpc) is 2.85. The number of aromatic nitrogens is 2. The van der Waals surface area contributed by atoms with Crippen LogP contribution in [0.5, 0.6) is 0 Å². The van der Waals surface area contributed by atoms with Gasteiger partial charge in [0.25, 0.3) is 6.33 Å². The summed E-state index contributed by atoms with van der Waals surface area (Å²) in [5.74, 6) is 0. The summed E-state index contributed by atoms with van der Waals surface area (Å²) in [6.45, 7) is 4.27. The smallest absolute Gasteiger partial charge is 0.233 e. The molecule has 33 heavy (non-hydrogen) atoms. The van der Waals surface area contributed by atoms with E-state index in [-0.39, 0.29) is 0 Å². The lowest BCUT2D eigenvalue weighted by atomic mass is 9.79. The van der Waals surface area contributed by atoms with Gasteiger partial charge in [-0.2, -0.15) is 0 Å². The van der Waals surface area contributed by atoms with Gasteiger partial charge in [-0.05, 0) is 63.1 Å². The van der Waals surface area contributed by atoms with E-state index in [1.54, 1.807) is 0 Å². The largest absolute Gasteiger partial charge is 0.286 e. The van der Waals surface area contributed by atoms with E-state index in [4.69, 9.17) is 0 Å². The zero-order valence-corrected chi connectivity index (χ0v) is 19.1. The van der Waals surface area contributed by atoms with Crippen LogP contribution in [0.25, 0.3) is 55.8 Å². The lowest BCUT2D eigenvalue weighted by Crippen LogP contribution is -2.31. The summed E-state index contributed by atoms with van der Waals surface area (Å²) in [6.07, 6.45) is 1.90. The Morgan fingerprint density at radius 1 is 0.515 bits per heavy atom. The number of aryl methyl sites for hydroxylation is 3. The fraction of sp³-hybridized carbons (Fsp3) is 0.0968. The van der Waals surface area contributed by atoms with Gasteiger partial charge in [0, 0.05) is 18.6 Å². The van der Waals surface area contributed by atoms with Crippen molar-refractivity contribution < 1.29 is 4.57 Å². The number of hydrogen-bond acceptors (Lipinski definition) is 1. The molecule has 0 bridgehead atoms. The minimum atomic E-state index is 1.02. The molecule has 158 valence electrons. The summed E-state index contributed by atoms with van der Waals surface area (Å²) in [5, 5.41) is 0. The quantitative estimate of drug-likeness (QED) is 0.255. The van der Waals surface area contributed by atoms with Gasteiger partial charge in [-0.3, -0.25) is 0 Å². The summed E-state index contributed by atoms with van der Waals surface area (Å²) >= 11 is 0. The first-order chi connectivity index (χ1) is 16.1. The van der Waals surface area contributed by atoms with Crippen molar-refractivity contribution in [3.05, 3.63) is 109 Å². The van der Waals surface area contributed by atoms with E-state index in [1.807, 2.05) is 6.33 Å². The zero-order chi connectivity index (χ0) is 22.5. The molecule has 1 heterocycles. The maximum absolute atomic E-state index is 4.46. The van der Waals surface area contributed by atoms with Gasteiger partial charge in [-0.15, -0.1) is 0 Å². The third-order valence-corrected chi connectivity index (χ3v) is 6.74. The minimum absolute atomic E-state index is 1.02. The molecule has 5 aromatic rings. The third-order valence-electron chi connectivity index (χ3n) is 6.74. The van der Waals surface area contributed by atoms with Gasteiger partial charge in [0.15, 0.2) is 5.69 Å². The van der Waals surface area contributed by atoms with E-state index < -0.39 is 0 Å². The van der Waals surface area contributed by atoms with Gasteiger partial charge in [0.05, 0.1) is 7.05 Å². The molecule has 2 nitrogen and oxygen atoms in total. The fourth-order valence-electron chi connectivity index (χ4n) is 5.13. The molecular formula is C31H25N2+. The van der Waals surface area contributed by atoms with E-state index in [9.17, 15) is 0 Å². The van der Waals surface area contributed by atoms with E-state index in [0.29, 0.717) is 0 Å². The van der Waals surface area contributed by atoms with E-state index >= 15 is 0 Å². The molecule has 0 spiro atoms. The molecular weight excluding hydrogens is 400 g/mol. The normalized spacial score (nSPS) is 11.5. The first kappa shape index (κ1) is 19.6. The highest BCUT2D eigenvalue weighted by atomic mass is 15.0. The van der Waals surface area contributed by atoms with E-state index in [0.717, 1.165) is 5.69 Å². The SMILES string of the molecule is Cc1cc(-c2cc3c(cc2C)-c2ccccc2-c2ccccc2-c2ccccc2-3)[n+](C)cn1. The second-order valence-electron chi connectivity index (χ2n) is 8.88. The van der Waals surface area contributed by atoms with Crippen LogP contribution < -0.4 is 4.57 Å². The second kappa shape index (κ2) is 7.53. The van der Waals surface area contributed by atoms with Gasteiger partial charge < -0.3 is 0 Å². The van der Waals surface area contributed by atoms with Crippen LogP contribution in [0.3, 0.4) is 0 Å². The number of nitrogens with zero attached hydrogens (tertiary/aromatic N) is 2. The van der Waals surface area contributed by atoms with Gasteiger partial charge >= 0.3 is 0 Å². The van der Waals surface area contributed by atoms with Crippen molar-refractivity contribution in [2.75, 3.05) is 0 Å². The molecule has 0 saturated carbocycles. The van der Waals surface area contributed by atoms with Crippen LogP contribution in [-0.2, 0) is 7.05 Å². The van der Waals surface area contributed by atoms with E-state index in [2.05, 4.69) is 121 Å². The predicted molar refractivity (Wildman–Crippen MR) is 136 cm³/mol. The molecule has 1 aliphatic carbocycles. The Hall–Kier alpha value is -4.04. The third kappa shape index (κ3) is 3.10. The molecule has 0 aliphatic heterocycles. The maximum Gasteiger partial charge on any atom is 0.286 e. The summed E-state index contributed by atoms with van der Waals surface area (Å²) in [4.78, 5) is 4.46. The maximum atomic E-state index is 4.46. The molecule has 0 N–H and O–H groups in total. The lowest BCUT2D eigenvalue weighted by Gasteiger charge is -2.24. The van der Waals surface area contributed by atoms with Crippen molar-refractivity contribution in [3.63, 3.8) is 0 Å². The van der Waals surface area contributed by atoms with Crippen molar-refractivity contribution in [2.45, 2.75) is 13.8 Å². The first-order valence-corrected chi connectivity index (χ1v) is 11.4. The fourth-order valence-corrected chi connectivity index (χ4v) is 5.13. The summed E-state index contributed by atoms with van der Waals surface area (Å²) < 4.78 is 2.11. The molecule has 1 aliphatic rings. The molecule has 0 fully saturated rings. The van der Waals surface area contributed by atoms with Crippen LogP contribution in [0.2, 0.25) is 0 Å². The molecule has 0 amide bonds. The summed E-state index contributed by atoms with van der Waals surface area (Å²) in [6, 6.07) is 33.3. The number of benzene rings is 4. The van der Waals surface area contributed by atoms with Crippen molar-refractivity contribution in [1.82, 2.24) is 4.98 Å². The molecule has 0 radical (unpaired) electrons. The van der Waals surface area contributed by atoms with Crippen molar-refractivity contribution in [1.29, 1.82) is 0 Å². The van der Waals surface area contributed by atoms with Crippen LogP contribution >= 0.6 is 0 Å². The van der Waals surface area contributed by atoms with Crippen LogP contribution in [0.1, 0.15) is 11.3 Å². The Labute approximate surface area is 194 Å². The van der Waals surface area contributed by atoms with Gasteiger partial charge in [0.1, 0.15) is 5.69 Å². The minimum Gasteiger partial charge on any atom is -0.233 e. The van der Waals surface area contributed by atoms with Gasteiger partial charge in [-0.25, -0.2) is 4.57 Å². The zero-order valence-electron chi connectivity index (χ0n) is 19.1. The highest BCUT2D eigenvalue weighted by Gasteiger charge is 2.23. The van der Waals surface area contributed by atoms with Crippen LogP contribution in [0.4, 0.5) is 0 Å². The van der Waals surface area contributed by atoms with Gasteiger partial charge in [0.2, 0.25) is 0 Å². The highest BCUT2D eigenvalue weighted by molar-refractivity contribution is 6.03. The Kier molecular flexibility index (Phi) is 4.48. The Bertz CT molecular complexity index is 1550. The van der Waals surface area contributed by atoms with Crippen molar-refractivity contribution >= 4 is 0 Å². The topological polar surface area (TPSA) is 16.8 Å². The van der Waals surface area contributed by atoms with Crippen molar-refractivity contribution in [3.8, 4) is 55.8 Å². The first-order valence-electron chi connectivity index (χ1n) is 11.4. The summed E-state index contributed by atoms with van der Waals surface area (Å²) in [5.41, 5.74) is 14.9. The lowest BCUT2D eigenvalue weighted by molar-refractivity contribution is -0.663. The van der Waals surface area contributed by atoms with Crippen LogP contribution in [-0.4, -0.2) is 4.98 Å². The molecule has 2 heteroatoms. The standard InChI is InChI=1S/C31H25N2/c1-20-16-29-26-14-8-6-12-24(26)22-10-4-5-11-23(22)25-13-7-9-15-27(25)30(29)18-28(20)31-17-21(2)32-19-33(31)3/h4-19H,1-3H3/q+1. The number of fused-ring (bicyclic) bond motifs is 8. The molecule has 4 aromatic carbocycles. The summed E-state index contributed by atoms with van der Waals surface area (Å²) in [7, 11) is 2.07. The number of hydrogen-bond donors (Lipinski definition) is 0. The average molecular weight is 426 g/mol.